The molecule has 2 fully saturated rings. The van der Waals surface area contributed by atoms with Crippen LogP contribution in [0.2, 0.25) is 0 Å². The molecule has 2 amide bonds. The normalized spacial score (nSPS) is 15.3. The first-order chi connectivity index (χ1) is 34.4. The number of nitrogens with zero attached hydrogens (tertiary/aromatic N) is 2. The van der Waals surface area contributed by atoms with E-state index in [9.17, 15) is 45.5 Å². The quantitative estimate of drug-likeness (QED) is 0.0827. The summed E-state index contributed by atoms with van der Waals surface area (Å²) in [6, 6.07) is 39.7. The van der Waals surface area contributed by atoms with Gasteiger partial charge in [0, 0.05) is 37.1 Å². The molecule has 0 aliphatic carbocycles. The van der Waals surface area contributed by atoms with E-state index in [4.69, 9.17) is 4.74 Å². The summed E-state index contributed by atoms with van der Waals surface area (Å²) >= 11 is 0. The monoisotopic (exact) mass is 990 g/mol. The van der Waals surface area contributed by atoms with Crippen molar-refractivity contribution < 1.29 is 50.3 Å². The summed E-state index contributed by atoms with van der Waals surface area (Å²) in [7, 11) is 0. The number of anilines is 2. The van der Waals surface area contributed by atoms with E-state index in [1.807, 2.05) is 119 Å². The molecule has 376 valence electrons. The number of ether oxygens (including phenoxy) is 1. The average molecular weight is 991 g/mol. The minimum Gasteiger partial charge on any atom is -0.379 e. The molecule has 2 heterocycles. The molecule has 0 saturated carbocycles. The molecule has 0 unspecified atom stereocenters. The molecule has 2 saturated heterocycles. The molecule has 0 spiro atoms. The number of ketones is 2. The zero-order valence-corrected chi connectivity index (χ0v) is 40.0. The number of rotatable bonds is 14. The van der Waals surface area contributed by atoms with Crippen LogP contribution >= 0.6 is 0 Å². The summed E-state index contributed by atoms with van der Waals surface area (Å²) in [6.45, 7) is 6.77. The molecule has 15 heteroatoms. The Morgan fingerprint density at radius 1 is 0.486 bits per heavy atom. The van der Waals surface area contributed by atoms with E-state index in [-0.39, 0.29) is 41.2 Å². The lowest BCUT2D eigenvalue weighted by atomic mass is 9.98. The molecule has 6 aromatic carbocycles. The third-order valence-electron chi connectivity index (χ3n) is 13.0. The van der Waals surface area contributed by atoms with Crippen LogP contribution in [0.15, 0.2) is 146 Å². The van der Waals surface area contributed by atoms with Crippen LogP contribution < -0.4 is 10.6 Å². The van der Waals surface area contributed by atoms with E-state index >= 15 is 0 Å². The van der Waals surface area contributed by atoms with Gasteiger partial charge in [-0.3, -0.25) is 29.0 Å². The van der Waals surface area contributed by atoms with Gasteiger partial charge in [-0.05, 0) is 97.4 Å². The second kappa shape index (κ2) is 24.0. The number of hydrogen-bond donors (Lipinski definition) is 2. The summed E-state index contributed by atoms with van der Waals surface area (Å²) in [5, 5.41) is 4.85. The Hall–Kier alpha value is -6.94. The fraction of sp³-hybridized carbons (Fsp3) is 0.298. The Morgan fingerprint density at radius 2 is 0.847 bits per heavy atom. The molecule has 2 N–H and O–H groups in total. The highest BCUT2D eigenvalue weighted by atomic mass is 19.4. The predicted octanol–water partition coefficient (Wildman–Crippen LogP) is 12.1. The van der Waals surface area contributed by atoms with E-state index in [0.29, 0.717) is 26.3 Å². The van der Waals surface area contributed by atoms with Gasteiger partial charge < -0.3 is 15.4 Å². The molecule has 0 bridgehead atoms. The maximum absolute atomic E-state index is 13.7. The van der Waals surface area contributed by atoms with Crippen molar-refractivity contribution in [2.45, 2.75) is 70.4 Å². The van der Waals surface area contributed by atoms with Crippen LogP contribution in [0, 0.1) is 0 Å². The van der Waals surface area contributed by atoms with Crippen molar-refractivity contribution in [1.29, 1.82) is 0 Å². The Kier molecular flexibility index (Phi) is 17.6. The van der Waals surface area contributed by atoms with E-state index in [0.717, 1.165) is 96.1 Å². The number of halogens is 6. The smallest absolute Gasteiger partial charge is 0.379 e. The lowest BCUT2D eigenvalue weighted by Crippen LogP contribution is -2.47. The number of piperidine rings is 1. The third kappa shape index (κ3) is 14.1. The number of likely N-dealkylation sites (tertiary alicyclic amines) is 1. The molecule has 0 radical (unpaired) electrons. The first kappa shape index (κ1) is 52.9. The zero-order chi connectivity index (χ0) is 51.4. The van der Waals surface area contributed by atoms with Gasteiger partial charge in [-0.1, -0.05) is 128 Å². The fourth-order valence-electron chi connectivity index (χ4n) is 8.68. The number of carbonyl (C=O) groups is 4. The Balaban J connectivity index is 0.000000211. The van der Waals surface area contributed by atoms with Gasteiger partial charge in [-0.15, -0.1) is 0 Å². The molecular formula is C57H56F6N4O5. The van der Waals surface area contributed by atoms with Gasteiger partial charge in [0.05, 0.1) is 47.8 Å². The minimum atomic E-state index is -4.68. The van der Waals surface area contributed by atoms with Crippen LogP contribution in [-0.4, -0.2) is 84.7 Å². The van der Waals surface area contributed by atoms with Gasteiger partial charge in [0.15, 0.2) is 11.6 Å². The highest BCUT2D eigenvalue weighted by molar-refractivity contribution is 6.02. The van der Waals surface area contributed by atoms with Gasteiger partial charge in [-0.25, -0.2) is 0 Å². The minimum absolute atomic E-state index is 0.0258. The Morgan fingerprint density at radius 3 is 1.22 bits per heavy atom. The number of amides is 2. The maximum Gasteiger partial charge on any atom is 0.418 e. The van der Waals surface area contributed by atoms with Crippen molar-refractivity contribution in [3.8, 4) is 22.3 Å². The SMILES string of the molecule is C[C@@H](C(=O)Nc1cc(C(=O)Cc2ccc(-c3ccccc3)cc2)ccc1C(F)(F)F)N1CCCCC1.C[C@H](C(=O)Nc1cc(C(=O)Cc2ccc(-c3ccccc3)cc2)ccc1C(F)(F)F)N1CCOCC1. The van der Waals surface area contributed by atoms with Crippen LogP contribution in [0.1, 0.15) is 76.1 Å². The number of Topliss-reactive ketones (excluding diaryl/α,β-unsaturated/α-hetero) is 2. The molecule has 0 aromatic heterocycles. The largest absolute Gasteiger partial charge is 0.418 e. The molecule has 2 aliphatic heterocycles. The summed E-state index contributed by atoms with van der Waals surface area (Å²) < 4.78 is 87.2. The van der Waals surface area contributed by atoms with E-state index < -0.39 is 53.1 Å². The van der Waals surface area contributed by atoms with Gasteiger partial charge in [-0.2, -0.15) is 26.3 Å². The van der Waals surface area contributed by atoms with Gasteiger partial charge >= 0.3 is 12.4 Å². The molecule has 8 rings (SSSR count). The highest BCUT2D eigenvalue weighted by Crippen LogP contribution is 2.37. The number of morpholine rings is 1. The van der Waals surface area contributed by atoms with Crippen LogP contribution in [0.4, 0.5) is 37.7 Å². The molecule has 9 nitrogen and oxygen atoms in total. The highest BCUT2D eigenvalue weighted by Gasteiger charge is 2.37. The number of nitrogens with one attached hydrogen (secondary N) is 2. The molecule has 2 aliphatic rings. The van der Waals surface area contributed by atoms with Crippen molar-refractivity contribution in [1.82, 2.24) is 9.80 Å². The maximum atomic E-state index is 13.7. The van der Waals surface area contributed by atoms with Crippen molar-refractivity contribution in [2.75, 3.05) is 50.0 Å². The van der Waals surface area contributed by atoms with E-state index in [1.165, 1.54) is 6.07 Å². The summed E-state index contributed by atoms with van der Waals surface area (Å²) in [5.74, 6) is -1.74. The molecular weight excluding hydrogens is 935 g/mol. The fourth-order valence-corrected chi connectivity index (χ4v) is 8.68. The summed E-state index contributed by atoms with van der Waals surface area (Å²) in [4.78, 5) is 55.3. The number of carbonyl (C=O) groups excluding carboxylic acids is 4. The number of alkyl halides is 6. The van der Waals surface area contributed by atoms with Gasteiger partial charge in [0.2, 0.25) is 11.8 Å². The summed E-state index contributed by atoms with van der Waals surface area (Å²) in [5.41, 5.74) is 3.06. The second-order valence-electron chi connectivity index (χ2n) is 17.9. The number of benzene rings is 6. The van der Waals surface area contributed by atoms with Crippen LogP contribution in [0.3, 0.4) is 0 Å². The van der Waals surface area contributed by atoms with Crippen LogP contribution in [-0.2, 0) is 39.5 Å². The van der Waals surface area contributed by atoms with E-state index in [1.54, 1.807) is 13.8 Å². The molecule has 6 aromatic rings. The first-order valence-corrected chi connectivity index (χ1v) is 23.9. The lowest BCUT2D eigenvalue weighted by molar-refractivity contribution is -0.138. The molecule has 72 heavy (non-hydrogen) atoms. The van der Waals surface area contributed by atoms with Crippen molar-refractivity contribution in [3.05, 3.63) is 179 Å². The predicted molar refractivity (Wildman–Crippen MR) is 267 cm³/mol. The second-order valence-corrected chi connectivity index (χ2v) is 17.9. The summed E-state index contributed by atoms with van der Waals surface area (Å²) in [6.07, 6.45) is -6.27. The first-order valence-electron chi connectivity index (χ1n) is 23.9. The Labute approximate surface area is 415 Å². The van der Waals surface area contributed by atoms with Crippen LogP contribution in [0.5, 0.6) is 0 Å². The van der Waals surface area contributed by atoms with Crippen molar-refractivity contribution in [2.24, 2.45) is 0 Å². The topological polar surface area (TPSA) is 108 Å². The average Bonchev–Trinajstić information content (AvgIpc) is 3.39. The standard InChI is InChI=1S/C29H29F3N2O2.C28H27F3N2O3/c1-20(34-16-6-3-7-17-34)28(36)33-26-19-24(14-15-25(26)29(30,31)32)27(35)18-21-10-12-23(13-11-21)22-8-4-2-5-9-22;1-19(33-13-15-36-16-14-33)27(35)32-25-18-23(11-12-24(25)28(29,30)31)26(34)17-20-7-9-22(10-8-20)21-5-3-2-4-6-21/h2,4-5,8-15,19-20H,3,6-7,16-18H2,1H3,(H,33,36);2-12,18-19H,13-17H2,1H3,(H,32,35)/t20-;19-/m01/s1. The van der Waals surface area contributed by atoms with Crippen molar-refractivity contribution in [3.63, 3.8) is 0 Å². The number of hydrogen-bond acceptors (Lipinski definition) is 7. The Bertz CT molecular complexity index is 2600. The van der Waals surface area contributed by atoms with E-state index in [2.05, 4.69) is 10.6 Å². The van der Waals surface area contributed by atoms with Crippen molar-refractivity contribution >= 4 is 34.8 Å². The lowest BCUT2D eigenvalue weighted by Gasteiger charge is -2.31. The van der Waals surface area contributed by atoms with Crippen LogP contribution in [0.25, 0.3) is 22.3 Å². The third-order valence-corrected chi connectivity index (χ3v) is 13.0. The van der Waals surface area contributed by atoms with Gasteiger partial charge in [0.1, 0.15) is 0 Å². The zero-order valence-electron chi connectivity index (χ0n) is 40.0. The molecule has 2 atom stereocenters. The van der Waals surface area contributed by atoms with Gasteiger partial charge in [0.25, 0.3) is 0 Å².